The Balaban J connectivity index is 1.90. The minimum atomic E-state index is 0.429. The van der Waals surface area contributed by atoms with Crippen LogP contribution in [-0.4, -0.2) is 14.8 Å². The second-order valence-electron chi connectivity index (χ2n) is 5.80. The molecule has 1 unspecified atom stereocenters. The van der Waals surface area contributed by atoms with Gasteiger partial charge in [0.2, 0.25) is 0 Å². The summed E-state index contributed by atoms with van der Waals surface area (Å²) in [5.41, 5.74) is 3.20. The van der Waals surface area contributed by atoms with Gasteiger partial charge in [0.25, 0.3) is 0 Å². The highest BCUT2D eigenvalue weighted by Gasteiger charge is 2.31. The van der Waals surface area contributed by atoms with Gasteiger partial charge in [-0.1, -0.05) is 25.4 Å². The predicted octanol–water partition coefficient (Wildman–Crippen LogP) is 4.34. The Morgan fingerprint density at radius 3 is 2.94 bits per heavy atom. The number of anilines is 1. The number of aromatic nitrogens is 2. The van der Waals surface area contributed by atoms with Gasteiger partial charge in [-0.15, -0.1) is 0 Å². The molecule has 1 aromatic carbocycles. The second kappa shape index (κ2) is 4.35. The molecule has 5 heteroatoms. The van der Waals surface area contributed by atoms with Crippen LogP contribution in [0.5, 0.6) is 0 Å². The number of rotatable bonds is 2. The fraction of sp³-hybridized carbons (Fsp3) is 0.538. The minimum absolute atomic E-state index is 0.429. The van der Waals surface area contributed by atoms with Crippen LogP contribution in [0.1, 0.15) is 33.1 Å². The zero-order chi connectivity index (χ0) is 12.8. The molecule has 1 N–H and O–H groups in total. The molecule has 1 heterocycles. The quantitative estimate of drug-likeness (QED) is 0.890. The van der Waals surface area contributed by atoms with Crippen molar-refractivity contribution in [1.82, 2.24) is 8.75 Å². The lowest BCUT2D eigenvalue weighted by Gasteiger charge is -2.19. The maximum Gasteiger partial charge on any atom is 0.129 e. The molecule has 1 aliphatic carbocycles. The van der Waals surface area contributed by atoms with Gasteiger partial charge in [0.15, 0.2) is 0 Å². The Hall–Kier alpha value is -0.870. The Morgan fingerprint density at radius 1 is 1.39 bits per heavy atom. The number of hydrogen-bond acceptors (Lipinski definition) is 4. The number of benzene rings is 1. The zero-order valence-electron chi connectivity index (χ0n) is 10.5. The molecule has 3 rings (SSSR count). The highest BCUT2D eigenvalue weighted by molar-refractivity contribution is 7.00. The van der Waals surface area contributed by atoms with Crippen molar-refractivity contribution in [2.24, 2.45) is 5.41 Å². The van der Waals surface area contributed by atoms with Gasteiger partial charge in [0.1, 0.15) is 11.0 Å². The van der Waals surface area contributed by atoms with Crippen LogP contribution in [0, 0.1) is 5.41 Å². The van der Waals surface area contributed by atoms with Crippen molar-refractivity contribution >= 4 is 40.0 Å². The molecule has 0 amide bonds. The lowest BCUT2D eigenvalue weighted by molar-refractivity contribution is 0.378. The van der Waals surface area contributed by atoms with Crippen LogP contribution in [0.4, 0.5) is 5.69 Å². The fourth-order valence-corrected chi connectivity index (χ4v) is 3.48. The molecule has 0 aliphatic heterocycles. The first-order valence-electron chi connectivity index (χ1n) is 6.22. The van der Waals surface area contributed by atoms with Crippen molar-refractivity contribution in [3.63, 3.8) is 0 Å². The summed E-state index contributed by atoms with van der Waals surface area (Å²) in [7, 11) is 0. The van der Waals surface area contributed by atoms with Crippen LogP contribution in [0.3, 0.4) is 0 Å². The molecule has 1 fully saturated rings. The minimum Gasteiger partial charge on any atom is -0.379 e. The van der Waals surface area contributed by atoms with E-state index in [1.165, 1.54) is 31.0 Å². The van der Waals surface area contributed by atoms with Crippen molar-refractivity contribution in [2.75, 3.05) is 5.32 Å². The van der Waals surface area contributed by atoms with E-state index in [0.29, 0.717) is 11.5 Å². The molecular formula is C13H16ClN3S. The van der Waals surface area contributed by atoms with E-state index in [2.05, 4.69) is 27.9 Å². The summed E-state index contributed by atoms with van der Waals surface area (Å²) in [5.74, 6) is 0. The molecule has 1 aliphatic rings. The molecule has 1 aromatic heterocycles. The second-order valence-corrected chi connectivity index (χ2v) is 6.74. The van der Waals surface area contributed by atoms with E-state index < -0.39 is 0 Å². The van der Waals surface area contributed by atoms with Crippen molar-refractivity contribution < 1.29 is 0 Å². The molecule has 0 bridgehead atoms. The summed E-state index contributed by atoms with van der Waals surface area (Å²) in [4.78, 5) is 0. The van der Waals surface area contributed by atoms with Crippen LogP contribution in [0.25, 0.3) is 11.0 Å². The number of fused-ring (bicyclic) bond motifs is 1. The van der Waals surface area contributed by atoms with Gasteiger partial charge in [0, 0.05) is 6.04 Å². The lowest BCUT2D eigenvalue weighted by Crippen LogP contribution is -2.18. The first kappa shape index (κ1) is 12.2. The summed E-state index contributed by atoms with van der Waals surface area (Å²) in [6.45, 7) is 4.64. The summed E-state index contributed by atoms with van der Waals surface area (Å²) in [6.07, 6.45) is 3.63. The highest BCUT2D eigenvalue weighted by Crippen LogP contribution is 2.40. The van der Waals surface area contributed by atoms with Gasteiger partial charge >= 0.3 is 0 Å². The van der Waals surface area contributed by atoms with Crippen LogP contribution in [0.2, 0.25) is 5.02 Å². The van der Waals surface area contributed by atoms with Crippen LogP contribution >= 0.6 is 23.3 Å². The SMILES string of the molecule is CC1(C)CCC(Nc2c(Cl)ccc3nsnc23)C1. The normalized spacial score (nSPS) is 22.5. The van der Waals surface area contributed by atoms with Crippen LogP contribution < -0.4 is 5.32 Å². The largest absolute Gasteiger partial charge is 0.379 e. The Kier molecular flexibility index (Phi) is 2.94. The van der Waals surface area contributed by atoms with Gasteiger partial charge in [0.05, 0.1) is 22.4 Å². The fourth-order valence-electron chi connectivity index (χ4n) is 2.73. The number of nitrogens with zero attached hydrogens (tertiary/aromatic N) is 2. The third-order valence-electron chi connectivity index (χ3n) is 3.69. The topological polar surface area (TPSA) is 37.8 Å². The summed E-state index contributed by atoms with van der Waals surface area (Å²) in [6, 6.07) is 4.31. The van der Waals surface area contributed by atoms with Gasteiger partial charge < -0.3 is 5.32 Å². The first-order chi connectivity index (χ1) is 8.55. The van der Waals surface area contributed by atoms with Crippen molar-refractivity contribution in [2.45, 2.75) is 39.2 Å². The zero-order valence-corrected chi connectivity index (χ0v) is 12.1. The smallest absolute Gasteiger partial charge is 0.129 e. The molecular weight excluding hydrogens is 266 g/mol. The molecule has 0 spiro atoms. The summed E-state index contributed by atoms with van der Waals surface area (Å²) >= 11 is 7.52. The summed E-state index contributed by atoms with van der Waals surface area (Å²) in [5, 5.41) is 4.30. The number of nitrogens with one attached hydrogen (secondary N) is 1. The maximum absolute atomic E-state index is 6.28. The first-order valence-corrected chi connectivity index (χ1v) is 7.33. The van der Waals surface area contributed by atoms with E-state index in [0.717, 1.165) is 21.7 Å². The van der Waals surface area contributed by atoms with Crippen molar-refractivity contribution in [3.8, 4) is 0 Å². The molecule has 1 saturated carbocycles. The average Bonchev–Trinajstić information content (AvgIpc) is 2.89. The van der Waals surface area contributed by atoms with Crippen LogP contribution in [0.15, 0.2) is 12.1 Å². The van der Waals surface area contributed by atoms with Gasteiger partial charge in [-0.25, -0.2) is 0 Å². The van der Waals surface area contributed by atoms with Gasteiger partial charge in [-0.05, 0) is 36.8 Å². The van der Waals surface area contributed by atoms with E-state index in [4.69, 9.17) is 11.6 Å². The highest BCUT2D eigenvalue weighted by atomic mass is 35.5. The van der Waals surface area contributed by atoms with E-state index in [1.807, 2.05) is 12.1 Å². The molecule has 2 aromatic rings. The Labute approximate surface area is 116 Å². The van der Waals surface area contributed by atoms with Crippen LogP contribution in [-0.2, 0) is 0 Å². The van der Waals surface area contributed by atoms with E-state index >= 15 is 0 Å². The third kappa shape index (κ3) is 2.19. The van der Waals surface area contributed by atoms with E-state index in [-0.39, 0.29) is 0 Å². The average molecular weight is 282 g/mol. The number of hydrogen-bond donors (Lipinski definition) is 1. The molecule has 1 atom stereocenters. The van der Waals surface area contributed by atoms with Gasteiger partial charge in [-0.2, -0.15) is 8.75 Å². The van der Waals surface area contributed by atoms with Gasteiger partial charge in [-0.3, -0.25) is 0 Å². The lowest BCUT2D eigenvalue weighted by atomic mass is 9.92. The monoisotopic (exact) mass is 281 g/mol. The Bertz CT molecular complexity index is 579. The van der Waals surface area contributed by atoms with E-state index in [1.54, 1.807) is 0 Å². The molecule has 0 radical (unpaired) electrons. The molecule has 0 saturated heterocycles. The third-order valence-corrected chi connectivity index (χ3v) is 4.55. The Morgan fingerprint density at radius 2 is 2.22 bits per heavy atom. The van der Waals surface area contributed by atoms with Crippen molar-refractivity contribution in [3.05, 3.63) is 17.2 Å². The summed E-state index contributed by atoms with van der Waals surface area (Å²) < 4.78 is 8.60. The molecule has 3 nitrogen and oxygen atoms in total. The van der Waals surface area contributed by atoms with Crippen molar-refractivity contribution in [1.29, 1.82) is 0 Å². The standard InChI is InChI=1S/C13H16ClN3S/c1-13(2)6-5-8(7-13)15-11-9(14)3-4-10-12(11)17-18-16-10/h3-4,8,15H,5-7H2,1-2H3. The van der Waals surface area contributed by atoms with E-state index in [9.17, 15) is 0 Å². The predicted molar refractivity (Wildman–Crippen MR) is 77.5 cm³/mol. The number of halogens is 1. The maximum atomic E-state index is 6.28. The molecule has 96 valence electrons. The molecule has 18 heavy (non-hydrogen) atoms.